The van der Waals surface area contributed by atoms with Gasteiger partial charge in [0.1, 0.15) is 4.60 Å². The molecule has 0 unspecified atom stereocenters. The van der Waals surface area contributed by atoms with E-state index in [2.05, 4.69) is 20.9 Å². The molecular formula is C13H8BrN3O3. The quantitative estimate of drug-likeness (QED) is 0.485. The fourth-order valence-corrected chi connectivity index (χ4v) is 2.02. The molecule has 0 fully saturated rings. The summed E-state index contributed by atoms with van der Waals surface area (Å²) in [6.45, 7) is 1.82. The van der Waals surface area contributed by atoms with Gasteiger partial charge in [0.25, 0.3) is 0 Å². The maximum absolute atomic E-state index is 11.0. The summed E-state index contributed by atoms with van der Waals surface area (Å²) in [5.41, 5.74) is 0.722. The molecule has 1 aromatic carbocycles. The minimum atomic E-state index is -0.592. The molecule has 0 aliphatic carbocycles. The molecule has 1 heterocycles. The van der Waals surface area contributed by atoms with Crippen molar-refractivity contribution in [1.29, 1.82) is 5.26 Å². The van der Waals surface area contributed by atoms with Crippen LogP contribution in [0.3, 0.4) is 0 Å². The molecule has 0 aliphatic rings. The lowest BCUT2D eigenvalue weighted by atomic mass is 10.2. The van der Waals surface area contributed by atoms with Crippen molar-refractivity contribution in [2.45, 2.75) is 6.92 Å². The summed E-state index contributed by atoms with van der Waals surface area (Å²) in [6.07, 6.45) is 0. The first-order chi connectivity index (χ1) is 9.51. The van der Waals surface area contributed by atoms with Gasteiger partial charge < -0.3 is 4.74 Å². The number of halogens is 1. The highest BCUT2D eigenvalue weighted by molar-refractivity contribution is 9.10. The number of hydrogen-bond acceptors (Lipinski definition) is 5. The lowest BCUT2D eigenvalue weighted by Gasteiger charge is -2.08. The van der Waals surface area contributed by atoms with Gasteiger partial charge in [-0.25, -0.2) is 4.98 Å². The van der Waals surface area contributed by atoms with Crippen molar-refractivity contribution in [3.63, 3.8) is 0 Å². The summed E-state index contributed by atoms with van der Waals surface area (Å²) in [6, 6.07) is 9.26. The summed E-state index contributed by atoms with van der Waals surface area (Å²) < 4.78 is 5.95. The molecular weight excluding hydrogens is 326 g/mol. The molecule has 2 aromatic rings. The molecule has 20 heavy (non-hydrogen) atoms. The Hall–Kier alpha value is -2.46. The number of ether oxygens (including phenoxy) is 1. The number of rotatable bonds is 3. The average Bonchev–Trinajstić information content (AvgIpc) is 2.42. The molecule has 0 atom stereocenters. The van der Waals surface area contributed by atoms with Crippen molar-refractivity contribution >= 4 is 21.6 Å². The number of nitriles is 1. The SMILES string of the molecule is Cc1ccc(Oc2ccc(C#N)cc2[N+](=O)[O-])c(Br)n1. The van der Waals surface area contributed by atoms with Crippen molar-refractivity contribution in [1.82, 2.24) is 4.98 Å². The second-order valence-corrected chi connectivity index (χ2v) is 4.65. The number of nitrogens with zero attached hydrogens (tertiary/aromatic N) is 3. The van der Waals surface area contributed by atoms with Gasteiger partial charge in [0.05, 0.1) is 16.6 Å². The zero-order valence-electron chi connectivity index (χ0n) is 10.3. The fraction of sp³-hybridized carbons (Fsp3) is 0.0769. The number of aromatic nitrogens is 1. The Kier molecular flexibility index (Phi) is 3.96. The summed E-state index contributed by atoms with van der Waals surface area (Å²) in [5.74, 6) is 0.420. The molecule has 6 nitrogen and oxygen atoms in total. The Bertz CT molecular complexity index is 725. The number of nitro benzene ring substituents is 1. The predicted molar refractivity (Wildman–Crippen MR) is 74.6 cm³/mol. The molecule has 0 spiro atoms. The molecule has 2 rings (SSSR count). The lowest BCUT2D eigenvalue weighted by molar-refractivity contribution is -0.385. The van der Waals surface area contributed by atoms with Crippen LogP contribution in [-0.4, -0.2) is 9.91 Å². The monoisotopic (exact) mass is 333 g/mol. The molecule has 0 aliphatic heterocycles. The topological polar surface area (TPSA) is 89.0 Å². The molecule has 0 amide bonds. The third-order valence-electron chi connectivity index (χ3n) is 2.46. The van der Waals surface area contributed by atoms with E-state index >= 15 is 0 Å². The lowest BCUT2D eigenvalue weighted by Crippen LogP contribution is -1.95. The summed E-state index contributed by atoms with van der Waals surface area (Å²) in [4.78, 5) is 14.6. The van der Waals surface area contributed by atoms with E-state index in [1.54, 1.807) is 12.1 Å². The minimum absolute atomic E-state index is 0.0559. The Morgan fingerprint density at radius 2 is 2.05 bits per heavy atom. The van der Waals surface area contributed by atoms with Crippen molar-refractivity contribution in [3.8, 4) is 17.6 Å². The summed E-state index contributed by atoms with van der Waals surface area (Å²) >= 11 is 3.24. The van der Waals surface area contributed by atoms with E-state index in [9.17, 15) is 10.1 Å². The molecule has 0 saturated heterocycles. The van der Waals surface area contributed by atoms with Crippen LogP contribution in [0.5, 0.6) is 11.5 Å². The van der Waals surface area contributed by atoms with Gasteiger partial charge in [-0.1, -0.05) is 0 Å². The Morgan fingerprint density at radius 3 is 2.65 bits per heavy atom. The van der Waals surface area contributed by atoms with Crippen LogP contribution in [0.15, 0.2) is 34.9 Å². The van der Waals surface area contributed by atoms with Crippen LogP contribution in [0.1, 0.15) is 11.3 Å². The zero-order valence-corrected chi connectivity index (χ0v) is 11.9. The van der Waals surface area contributed by atoms with Crippen LogP contribution in [0, 0.1) is 28.4 Å². The highest BCUT2D eigenvalue weighted by Crippen LogP contribution is 2.34. The zero-order chi connectivity index (χ0) is 14.7. The number of aryl methyl sites for hydroxylation is 1. The molecule has 1 aromatic heterocycles. The minimum Gasteiger partial charge on any atom is -0.447 e. The Labute approximate surface area is 122 Å². The summed E-state index contributed by atoms with van der Waals surface area (Å²) in [5, 5.41) is 19.8. The van der Waals surface area contributed by atoms with E-state index in [-0.39, 0.29) is 17.0 Å². The maximum atomic E-state index is 11.0. The van der Waals surface area contributed by atoms with Crippen molar-refractivity contribution in [2.24, 2.45) is 0 Å². The van der Waals surface area contributed by atoms with E-state index in [4.69, 9.17) is 10.00 Å². The number of pyridine rings is 1. The van der Waals surface area contributed by atoms with Crippen molar-refractivity contribution in [3.05, 3.63) is 56.3 Å². The van der Waals surface area contributed by atoms with Gasteiger partial charge in [-0.05, 0) is 47.1 Å². The van der Waals surface area contributed by atoms with Gasteiger partial charge in [0.2, 0.25) is 5.75 Å². The van der Waals surface area contributed by atoms with Gasteiger partial charge in [0.15, 0.2) is 5.75 Å². The molecule has 100 valence electrons. The van der Waals surface area contributed by atoms with Crippen molar-refractivity contribution in [2.75, 3.05) is 0 Å². The number of nitro groups is 1. The average molecular weight is 334 g/mol. The van der Waals surface area contributed by atoms with E-state index in [1.807, 2.05) is 13.0 Å². The highest BCUT2D eigenvalue weighted by atomic mass is 79.9. The van der Waals surface area contributed by atoms with Crippen LogP contribution in [-0.2, 0) is 0 Å². The highest BCUT2D eigenvalue weighted by Gasteiger charge is 2.18. The van der Waals surface area contributed by atoms with Crippen molar-refractivity contribution < 1.29 is 9.66 Å². The molecule has 0 radical (unpaired) electrons. The van der Waals surface area contributed by atoms with Crippen LogP contribution in [0.25, 0.3) is 0 Å². The predicted octanol–water partition coefficient (Wildman–Crippen LogP) is 3.72. The molecule has 0 N–H and O–H groups in total. The van der Waals surface area contributed by atoms with Crippen LogP contribution >= 0.6 is 15.9 Å². The second-order valence-electron chi connectivity index (χ2n) is 3.90. The molecule has 7 heteroatoms. The van der Waals surface area contributed by atoms with Gasteiger partial charge in [-0.15, -0.1) is 0 Å². The number of benzene rings is 1. The van der Waals surface area contributed by atoms with Gasteiger partial charge in [-0.3, -0.25) is 10.1 Å². The van der Waals surface area contributed by atoms with Gasteiger partial charge in [0, 0.05) is 11.8 Å². The second kappa shape index (κ2) is 5.67. The first kappa shape index (κ1) is 14.0. The fourth-order valence-electron chi connectivity index (χ4n) is 1.52. The third kappa shape index (κ3) is 2.92. The van der Waals surface area contributed by atoms with E-state index < -0.39 is 4.92 Å². The standard InChI is InChI=1S/C13H8BrN3O3/c1-8-2-4-12(13(14)16-8)20-11-5-3-9(7-15)6-10(11)17(18)19/h2-6H,1H3. The first-order valence-electron chi connectivity index (χ1n) is 5.51. The summed E-state index contributed by atoms with van der Waals surface area (Å²) in [7, 11) is 0. The normalized spacial score (nSPS) is 9.85. The van der Waals surface area contributed by atoms with Crippen LogP contribution in [0.4, 0.5) is 5.69 Å². The van der Waals surface area contributed by atoms with E-state index in [0.29, 0.717) is 10.4 Å². The third-order valence-corrected chi connectivity index (χ3v) is 3.03. The molecule has 0 saturated carbocycles. The van der Waals surface area contributed by atoms with Crippen LogP contribution < -0.4 is 4.74 Å². The maximum Gasteiger partial charge on any atom is 0.312 e. The first-order valence-corrected chi connectivity index (χ1v) is 6.30. The number of hydrogen-bond donors (Lipinski definition) is 0. The Morgan fingerprint density at radius 1 is 1.35 bits per heavy atom. The van der Waals surface area contributed by atoms with Crippen LogP contribution in [0.2, 0.25) is 0 Å². The smallest absolute Gasteiger partial charge is 0.312 e. The van der Waals surface area contributed by atoms with Gasteiger partial charge >= 0.3 is 5.69 Å². The Balaban J connectivity index is 2.43. The van der Waals surface area contributed by atoms with Gasteiger partial charge in [-0.2, -0.15) is 5.26 Å². The molecule has 0 bridgehead atoms. The van der Waals surface area contributed by atoms with E-state index in [1.165, 1.54) is 18.2 Å². The largest absolute Gasteiger partial charge is 0.447 e. The van der Waals surface area contributed by atoms with E-state index in [0.717, 1.165) is 5.69 Å².